The van der Waals surface area contributed by atoms with Crippen molar-refractivity contribution in [3.05, 3.63) is 28.5 Å². The van der Waals surface area contributed by atoms with Crippen molar-refractivity contribution in [2.24, 2.45) is 0 Å². The summed E-state index contributed by atoms with van der Waals surface area (Å²) in [5, 5.41) is 13.1. The third kappa shape index (κ3) is 1.57. The van der Waals surface area contributed by atoms with Crippen molar-refractivity contribution < 1.29 is 9.50 Å². The molecule has 2 rings (SSSR count). The van der Waals surface area contributed by atoms with Crippen LogP contribution in [0, 0.1) is 5.82 Å². The summed E-state index contributed by atoms with van der Waals surface area (Å²) >= 11 is 5.91. The molecule has 1 heterocycles. The van der Waals surface area contributed by atoms with Crippen molar-refractivity contribution in [3.63, 3.8) is 0 Å². The molecule has 0 aromatic heterocycles. The van der Waals surface area contributed by atoms with Crippen LogP contribution in [0.1, 0.15) is 24.4 Å². The molecule has 2 nitrogen and oxygen atoms in total. The van der Waals surface area contributed by atoms with Crippen LogP contribution in [0.25, 0.3) is 0 Å². The van der Waals surface area contributed by atoms with Crippen LogP contribution in [0.5, 0.6) is 5.75 Å². The Morgan fingerprint density at radius 1 is 1.50 bits per heavy atom. The van der Waals surface area contributed by atoms with Crippen molar-refractivity contribution in [2.75, 3.05) is 6.54 Å². The Bertz CT molecular complexity index is 350. The average Bonchev–Trinajstić information content (AvgIpc) is 2.65. The van der Waals surface area contributed by atoms with E-state index in [2.05, 4.69) is 5.32 Å². The molecular formula is C10H11ClFNO. The Kier molecular flexibility index (Phi) is 2.61. The first kappa shape index (κ1) is 9.74. The normalized spacial score (nSPS) is 21.4. The SMILES string of the molecule is Oc1c(F)ccc(Cl)c1C1CCCN1. The number of benzene rings is 1. The van der Waals surface area contributed by atoms with Gasteiger partial charge in [0.15, 0.2) is 11.6 Å². The smallest absolute Gasteiger partial charge is 0.165 e. The molecule has 1 saturated heterocycles. The molecule has 1 aromatic carbocycles. The van der Waals surface area contributed by atoms with Crippen LogP contribution in [-0.2, 0) is 0 Å². The van der Waals surface area contributed by atoms with Gasteiger partial charge in [-0.15, -0.1) is 0 Å². The molecule has 1 aliphatic heterocycles. The average molecular weight is 216 g/mol. The number of rotatable bonds is 1. The quantitative estimate of drug-likeness (QED) is 0.755. The van der Waals surface area contributed by atoms with Gasteiger partial charge in [-0.05, 0) is 31.5 Å². The highest BCUT2D eigenvalue weighted by atomic mass is 35.5. The molecule has 1 aliphatic rings. The van der Waals surface area contributed by atoms with E-state index in [1.54, 1.807) is 0 Å². The summed E-state index contributed by atoms with van der Waals surface area (Å²) < 4.78 is 13.1. The second kappa shape index (κ2) is 3.75. The molecule has 1 aromatic rings. The number of hydrogen-bond acceptors (Lipinski definition) is 2. The van der Waals surface area contributed by atoms with Crippen LogP contribution < -0.4 is 5.32 Å². The highest BCUT2D eigenvalue weighted by Crippen LogP contribution is 2.37. The number of nitrogens with one attached hydrogen (secondary N) is 1. The molecule has 14 heavy (non-hydrogen) atoms. The van der Waals surface area contributed by atoms with Gasteiger partial charge in [-0.25, -0.2) is 4.39 Å². The van der Waals surface area contributed by atoms with E-state index in [-0.39, 0.29) is 11.8 Å². The predicted molar refractivity (Wildman–Crippen MR) is 53.1 cm³/mol. The molecule has 0 aliphatic carbocycles. The lowest BCUT2D eigenvalue weighted by Gasteiger charge is -2.14. The molecule has 0 spiro atoms. The number of halogens is 2. The minimum Gasteiger partial charge on any atom is -0.505 e. The third-order valence-corrected chi connectivity index (χ3v) is 2.85. The second-order valence-corrected chi connectivity index (χ2v) is 3.85. The summed E-state index contributed by atoms with van der Waals surface area (Å²) in [4.78, 5) is 0. The van der Waals surface area contributed by atoms with Crippen molar-refractivity contribution in [1.29, 1.82) is 0 Å². The Labute approximate surface area is 86.7 Å². The number of hydrogen-bond donors (Lipinski definition) is 2. The zero-order chi connectivity index (χ0) is 10.1. The topological polar surface area (TPSA) is 32.3 Å². The van der Waals surface area contributed by atoms with Crippen molar-refractivity contribution in [3.8, 4) is 5.75 Å². The van der Waals surface area contributed by atoms with Crippen molar-refractivity contribution in [1.82, 2.24) is 5.32 Å². The molecule has 1 fully saturated rings. The molecule has 1 unspecified atom stereocenters. The summed E-state index contributed by atoms with van der Waals surface area (Å²) in [5.74, 6) is -0.935. The van der Waals surface area contributed by atoms with Gasteiger partial charge in [0.05, 0.1) is 0 Å². The fourth-order valence-corrected chi connectivity index (χ4v) is 2.10. The Morgan fingerprint density at radius 3 is 2.93 bits per heavy atom. The first-order valence-electron chi connectivity index (χ1n) is 4.60. The molecule has 1 atom stereocenters. The monoisotopic (exact) mass is 215 g/mol. The highest BCUT2D eigenvalue weighted by molar-refractivity contribution is 6.31. The van der Waals surface area contributed by atoms with Crippen LogP contribution in [0.2, 0.25) is 5.02 Å². The molecule has 0 saturated carbocycles. The Morgan fingerprint density at radius 2 is 2.29 bits per heavy atom. The van der Waals surface area contributed by atoms with E-state index in [1.807, 2.05) is 0 Å². The minimum atomic E-state index is -0.613. The lowest BCUT2D eigenvalue weighted by molar-refractivity contribution is 0.417. The van der Waals surface area contributed by atoms with Gasteiger partial charge < -0.3 is 10.4 Å². The maximum atomic E-state index is 13.1. The van der Waals surface area contributed by atoms with Crippen LogP contribution in [-0.4, -0.2) is 11.7 Å². The van der Waals surface area contributed by atoms with Gasteiger partial charge in [0.1, 0.15) is 0 Å². The third-order valence-electron chi connectivity index (χ3n) is 2.52. The van der Waals surface area contributed by atoms with E-state index >= 15 is 0 Å². The zero-order valence-corrected chi connectivity index (χ0v) is 8.31. The molecule has 0 bridgehead atoms. The summed E-state index contributed by atoms with van der Waals surface area (Å²) in [7, 11) is 0. The highest BCUT2D eigenvalue weighted by Gasteiger charge is 2.23. The summed E-state index contributed by atoms with van der Waals surface area (Å²) in [6.45, 7) is 0.886. The maximum absolute atomic E-state index is 13.1. The molecule has 76 valence electrons. The molecular weight excluding hydrogens is 205 g/mol. The van der Waals surface area contributed by atoms with Crippen molar-refractivity contribution >= 4 is 11.6 Å². The summed E-state index contributed by atoms with van der Waals surface area (Å²) in [6.07, 6.45) is 1.91. The lowest BCUT2D eigenvalue weighted by Crippen LogP contribution is -2.13. The summed E-state index contributed by atoms with van der Waals surface area (Å²) in [6, 6.07) is 2.64. The molecule has 4 heteroatoms. The number of phenolic OH excluding ortho intramolecular Hbond substituents is 1. The van der Waals surface area contributed by atoms with Crippen LogP contribution in [0.4, 0.5) is 4.39 Å². The van der Waals surface area contributed by atoms with Gasteiger partial charge in [0.2, 0.25) is 0 Å². The lowest BCUT2D eigenvalue weighted by atomic mass is 10.0. The van der Waals surface area contributed by atoms with Crippen LogP contribution in [0.15, 0.2) is 12.1 Å². The Balaban J connectivity index is 2.44. The van der Waals surface area contributed by atoms with Crippen molar-refractivity contribution in [2.45, 2.75) is 18.9 Å². The van der Waals surface area contributed by atoms with E-state index < -0.39 is 5.82 Å². The van der Waals surface area contributed by atoms with Gasteiger partial charge in [0, 0.05) is 16.6 Å². The van der Waals surface area contributed by atoms with E-state index in [4.69, 9.17) is 11.6 Å². The largest absolute Gasteiger partial charge is 0.505 e. The second-order valence-electron chi connectivity index (χ2n) is 3.44. The fraction of sp³-hybridized carbons (Fsp3) is 0.400. The Hall–Kier alpha value is -0.800. The standard InChI is InChI=1S/C10H11ClFNO/c11-6-3-4-7(12)10(14)9(6)8-2-1-5-13-8/h3-4,8,13-14H,1-2,5H2. The predicted octanol–water partition coefficient (Wildman–Crippen LogP) is 2.61. The zero-order valence-electron chi connectivity index (χ0n) is 7.56. The van der Waals surface area contributed by atoms with Crippen LogP contribution in [0.3, 0.4) is 0 Å². The minimum absolute atomic E-state index is 0.0156. The van der Waals surface area contributed by atoms with Gasteiger partial charge in [-0.3, -0.25) is 0 Å². The van der Waals surface area contributed by atoms with E-state index in [1.165, 1.54) is 12.1 Å². The van der Waals surface area contributed by atoms with Crippen LogP contribution >= 0.6 is 11.6 Å². The summed E-state index contributed by atoms with van der Waals surface area (Å²) in [5.41, 5.74) is 0.490. The number of aromatic hydroxyl groups is 1. The molecule has 0 radical (unpaired) electrons. The first-order chi connectivity index (χ1) is 6.70. The van der Waals surface area contributed by atoms with E-state index in [0.29, 0.717) is 10.6 Å². The van der Waals surface area contributed by atoms with Gasteiger partial charge >= 0.3 is 0 Å². The van der Waals surface area contributed by atoms with E-state index in [9.17, 15) is 9.50 Å². The molecule has 2 N–H and O–H groups in total. The fourth-order valence-electron chi connectivity index (χ4n) is 1.82. The van der Waals surface area contributed by atoms with Gasteiger partial charge in [0.25, 0.3) is 0 Å². The van der Waals surface area contributed by atoms with E-state index in [0.717, 1.165) is 19.4 Å². The molecule has 0 amide bonds. The van der Waals surface area contributed by atoms with Gasteiger partial charge in [-0.2, -0.15) is 0 Å². The maximum Gasteiger partial charge on any atom is 0.165 e. The number of phenols is 1. The van der Waals surface area contributed by atoms with Gasteiger partial charge in [-0.1, -0.05) is 11.6 Å². The first-order valence-corrected chi connectivity index (χ1v) is 4.98.